The molecule has 150 valence electrons. The Labute approximate surface area is 179 Å². The van der Waals surface area contributed by atoms with Gasteiger partial charge in [-0.05, 0) is 42.3 Å². The summed E-state index contributed by atoms with van der Waals surface area (Å²) in [6.07, 6.45) is 0.181. The smallest absolute Gasteiger partial charge is 0.242 e. The van der Waals surface area contributed by atoms with Crippen molar-refractivity contribution in [3.05, 3.63) is 94.5 Å². The van der Waals surface area contributed by atoms with Gasteiger partial charge < -0.3 is 5.32 Å². The highest BCUT2D eigenvalue weighted by Crippen LogP contribution is 2.25. The third kappa shape index (κ3) is 5.81. The molecule has 3 aromatic carbocycles. The molecule has 0 spiro atoms. The van der Waals surface area contributed by atoms with Crippen LogP contribution in [0.15, 0.2) is 83.8 Å². The van der Waals surface area contributed by atoms with Gasteiger partial charge in [0.15, 0.2) is 0 Å². The predicted octanol–water partition coefficient (Wildman–Crippen LogP) is 4.52. The van der Waals surface area contributed by atoms with Gasteiger partial charge in [0.2, 0.25) is 15.9 Å². The number of benzene rings is 3. The fourth-order valence-electron chi connectivity index (χ4n) is 2.70. The number of hydrogen-bond donors (Lipinski definition) is 2. The Hall–Kier alpha value is -2.38. The van der Waals surface area contributed by atoms with Crippen molar-refractivity contribution in [2.24, 2.45) is 0 Å². The molecule has 0 radical (unpaired) electrons. The average molecular weight is 449 g/mol. The van der Waals surface area contributed by atoms with Gasteiger partial charge in [0.1, 0.15) is 6.04 Å². The van der Waals surface area contributed by atoms with Crippen LogP contribution in [0.2, 0.25) is 10.0 Å². The maximum Gasteiger partial charge on any atom is 0.242 e. The van der Waals surface area contributed by atoms with Gasteiger partial charge in [-0.15, -0.1) is 0 Å². The largest absolute Gasteiger partial charge is 0.325 e. The number of hydrogen-bond acceptors (Lipinski definition) is 3. The second-order valence-electron chi connectivity index (χ2n) is 6.29. The van der Waals surface area contributed by atoms with E-state index in [1.165, 1.54) is 18.2 Å². The zero-order chi connectivity index (χ0) is 20.9. The Kier molecular flexibility index (Phi) is 6.92. The lowest BCUT2D eigenvalue weighted by atomic mass is 10.1. The van der Waals surface area contributed by atoms with Crippen LogP contribution in [0.5, 0.6) is 0 Å². The highest BCUT2D eigenvalue weighted by atomic mass is 35.5. The van der Waals surface area contributed by atoms with E-state index in [1.54, 1.807) is 30.3 Å². The first-order valence-electron chi connectivity index (χ1n) is 8.72. The van der Waals surface area contributed by atoms with E-state index in [1.807, 2.05) is 30.3 Å². The molecule has 0 bridgehead atoms. The number of anilines is 1. The molecular formula is C21H18Cl2N2O3S. The highest BCUT2D eigenvalue weighted by Gasteiger charge is 2.26. The molecule has 0 aliphatic heterocycles. The maximum atomic E-state index is 12.9. The quantitative estimate of drug-likeness (QED) is 0.557. The lowest BCUT2D eigenvalue weighted by molar-refractivity contribution is -0.117. The maximum absolute atomic E-state index is 12.9. The number of carbonyl (C=O) groups excluding carboxylic acids is 1. The van der Waals surface area contributed by atoms with Gasteiger partial charge in [0.05, 0.1) is 14.9 Å². The van der Waals surface area contributed by atoms with Crippen LogP contribution >= 0.6 is 23.2 Å². The Bertz CT molecular complexity index is 1090. The van der Waals surface area contributed by atoms with E-state index in [-0.39, 0.29) is 16.3 Å². The zero-order valence-electron chi connectivity index (χ0n) is 15.2. The van der Waals surface area contributed by atoms with E-state index in [9.17, 15) is 13.2 Å². The minimum Gasteiger partial charge on any atom is -0.325 e. The van der Waals surface area contributed by atoms with Gasteiger partial charge in [-0.2, -0.15) is 4.72 Å². The second kappa shape index (κ2) is 9.41. The number of nitrogens with one attached hydrogen (secondary N) is 2. The van der Waals surface area contributed by atoms with Gasteiger partial charge in [-0.1, -0.05) is 71.7 Å². The van der Waals surface area contributed by atoms with Crippen LogP contribution in [0.25, 0.3) is 0 Å². The third-order valence-corrected chi connectivity index (χ3v) is 6.36. The Morgan fingerprint density at radius 2 is 1.48 bits per heavy atom. The van der Waals surface area contributed by atoms with Gasteiger partial charge >= 0.3 is 0 Å². The molecular weight excluding hydrogens is 431 g/mol. The van der Waals surface area contributed by atoms with Crippen LogP contribution in [0.4, 0.5) is 5.69 Å². The summed E-state index contributed by atoms with van der Waals surface area (Å²) in [5, 5.41) is 3.34. The fraction of sp³-hybridized carbons (Fsp3) is 0.0952. The number of amides is 1. The predicted molar refractivity (Wildman–Crippen MR) is 116 cm³/mol. The Balaban J connectivity index is 1.85. The highest BCUT2D eigenvalue weighted by molar-refractivity contribution is 7.89. The van der Waals surface area contributed by atoms with Crippen molar-refractivity contribution < 1.29 is 13.2 Å². The lowest BCUT2D eigenvalue weighted by Crippen LogP contribution is -2.45. The molecule has 1 atom stereocenters. The molecule has 29 heavy (non-hydrogen) atoms. The van der Waals surface area contributed by atoms with E-state index < -0.39 is 22.0 Å². The van der Waals surface area contributed by atoms with Gasteiger partial charge in [-0.3, -0.25) is 4.79 Å². The summed E-state index contributed by atoms with van der Waals surface area (Å²) in [5.74, 6) is -0.508. The first kappa shape index (κ1) is 21.3. The Morgan fingerprint density at radius 3 is 2.10 bits per heavy atom. The summed E-state index contributed by atoms with van der Waals surface area (Å²) in [5.41, 5.74) is 1.24. The SMILES string of the molecule is O=C(Nc1ccc(Cl)c(Cl)c1)[C@@H](Cc1ccccc1)NS(=O)(=O)c1ccccc1. The van der Waals surface area contributed by atoms with E-state index in [4.69, 9.17) is 23.2 Å². The number of sulfonamides is 1. The number of rotatable bonds is 7. The van der Waals surface area contributed by atoms with Crippen LogP contribution < -0.4 is 10.0 Å². The Morgan fingerprint density at radius 1 is 0.862 bits per heavy atom. The molecule has 0 fully saturated rings. The number of halogens is 2. The minimum absolute atomic E-state index is 0.0837. The van der Waals surface area contributed by atoms with Crippen LogP contribution in [-0.4, -0.2) is 20.4 Å². The molecule has 0 saturated heterocycles. The van der Waals surface area contributed by atoms with Crippen molar-refractivity contribution in [1.29, 1.82) is 0 Å². The summed E-state index contributed by atoms with van der Waals surface area (Å²) in [6, 6.07) is 20.7. The molecule has 0 saturated carbocycles. The summed E-state index contributed by atoms with van der Waals surface area (Å²) in [7, 11) is -3.89. The average Bonchev–Trinajstić information content (AvgIpc) is 2.71. The zero-order valence-corrected chi connectivity index (χ0v) is 17.5. The molecule has 1 amide bonds. The molecule has 0 aliphatic rings. The molecule has 0 aromatic heterocycles. The van der Waals surface area contributed by atoms with E-state index in [0.717, 1.165) is 5.56 Å². The van der Waals surface area contributed by atoms with Gasteiger partial charge in [0.25, 0.3) is 0 Å². The minimum atomic E-state index is -3.89. The molecule has 2 N–H and O–H groups in total. The standard InChI is InChI=1S/C21H18Cl2N2O3S/c22-18-12-11-16(14-19(18)23)24-21(26)20(13-15-7-3-1-4-8-15)25-29(27,28)17-9-5-2-6-10-17/h1-12,14,20,25H,13H2,(H,24,26)/t20-/m1/s1. The van der Waals surface area contributed by atoms with Crippen molar-refractivity contribution in [1.82, 2.24) is 4.72 Å². The van der Waals surface area contributed by atoms with Gasteiger partial charge in [0, 0.05) is 5.69 Å². The lowest BCUT2D eigenvalue weighted by Gasteiger charge is -2.19. The fourth-order valence-corrected chi connectivity index (χ4v) is 4.21. The second-order valence-corrected chi connectivity index (χ2v) is 8.82. The first-order valence-corrected chi connectivity index (χ1v) is 11.0. The molecule has 0 aliphatic carbocycles. The van der Waals surface area contributed by atoms with Crippen LogP contribution in [0, 0.1) is 0 Å². The first-order chi connectivity index (χ1) is 13.8. The topological polar surface area (TPSA) is 75.3 Å². The summed E-state index contributed by atoms with van der Waals surface area (Å²) < 4.78 is 28.0. The van der Waals surface area contributed by atoms with Crippen LogP contribution in [-0.2, 0) is 21.2 Å². The van der Waals surface area contributed by atoms with Crippen molar-refractivity contribution in [3.8, 4) is 0 Å². The van der Waals surface area contributed by atoms with Crippen molar-refractivity contribution in [2.45, 2.75) is 17.4 Å². The van der Waals surface area contributed by atoms with Gasteiger partial charge in [-0.25, -0.2) is 8.42 Å². The monoisotopic (exact) mass is 448 g/mol. The third-order valence-electron chi connectivity index (χ3n) is 4.14. The molecule has 0 unspecified atom stereocenters. The van der Waals surface area contributed by atoms with Crippen molar-refractivity contribution >= 4 is 44.8 Å². The van der Waals surface area contributed by atoms with E-state index >= 15 is 0 Å². The molecule has 8 heteroatoms. The summed E-state index contributed by atoms with van der Waals surface area (Å²) in [6.45, 7) is 0. The molecule has 3 rings (SSSR count). The summed E-state index contributed by atoms with van der Waals surface area (Å²) in [4.78, 5) is 13.0. The molecule has 0 heterocycles. The van der Waals surface area contributed by atoms with Crippen molar-refractivity contribution in [3.63, 3.8) is 0 Å². The molecule has 5 nitrogen and oxygen atoms in total. The number of carbonyl (C=O) groups is 1. The van der Waals surface area contributed by atoms with E-state index in [0.29, 0.717) is 10.7 Å². The van der Waals surface area contributed by atoms with Crippen LogP contribution in [0.1, 0.15) is 5.56 Å². The molecule has 3 aromatic rings. The van der Waals surface area contributed by atoms with E-state index in [2.05, 4.69) is 10.0 Å². The van der Waals surface area contributed by atoms with Crippen LogP contribution in [0.3, 0.4) is 0 Å². The summed E-state index contributed by atoms with van der Waals surface area (Å²) >= 11 is 11.9. The normalized spacial score (nSPS) is 12.3. The van der Waals surface area contributed by atoms with Crippen molar-refractivity contribution in [2.75, 3.05) is 5.32 Å².